The number of aliphatic carboxylic acids is 1. The fraction of sp³-hybridized carbons (Fsp3) is 0.375. The largest absolute Gasteiger partial charge is 0.478 e. The third-order valence-electron chi connectivity index (χ3n) is 1.57. The first-order valence-electron chi connectivity index (χ1n) is 3.63. The average Bonchev–Trinajstić information content (AvgIpc) is 2.11. The van der Waals surface area contributed by atoms with Crippen LogP contribution in [0.4, 0.5) is 0 Å². The molecule has 0 saturated carbocycles. The Hall–Kier alpha value is -1.65. The first kappa shape index (κ1) is 11.4. The maximum absolute atomic E-state index is 11.1. The van der Waals surface area contributed by atoms with E-state index in [1.54, 1.807) is 0 Å². The van der Waals surface area contributed by atoms with Gasteiger partial charge in [0.25, 0.3) is 0 Å². The molecule has 0 aromatic heterocycles. The highest BCUT2D eigenvalue weighted by Crippen LogP contribution is 2.02. The van der Waals surface area contributed by atoms with E-state index in [0.29, 0.717) is 6.29 Å². The molecule has 2 N–H and O–H groups in total. The average molecular weight is 185 g/mol. The zero-order valence-corrected chi connectivity index (χ0v) is 7.46. The summed E-state index contributed by atoms with van der Waals surface area (Å²) in [6.07, 6.45) is 0.529. The van der Waals surface area contributed by atoms with E-state index in [1.807, 2.05) is 0 Å². The summed E-state index contributed by atoms with van der Waals surface area (Å²) in [5.74, 6) is -1.68. The zero-order valence-electron chi connectivity index (χ0n) is 7.46. The molecule has 0 bridgehead atoms. The third-order valence-corrected chi connectivity index (χ3v) is 1.57. The highest BCUT2D eigenvalue weighted by atomic mass is 16.4. The molecule has 0 aromatic carbocycles. The molecular weight excluding hydrogens is 174 g/mol. The molecule has 0 aliphatic rings. The second kappa shape index (κ2) is 5.08. The van der Waals surface area contributed by atoms with Crippen molar-refractivity contribution in [1.29, 1.82) is 0 Å². The van der Waals surface area contributed by atoms with E-state index in [2.05, 4.69) is 5.32 Å². The van der Waals surface area contributed by atoms with Crippen molar-refractivity contribution in [3.8, 4) is 0 Å². The summed E-state index contributed by atoms with van der Waals surface area (Å²) in [5, 5.41) is 10.8. The van der Waals surface area contributed by atoms with E-state index in [1.165, 1.54) is 13.8 Å². The Morgan fingerprint density at radius 2 is 1.85 bits per heavy atom. The minimum absolute atomic E-state index is 0.0246. The van der Waals surface area contributed by atoms with Crippen LogP contribution in [0.3, 0.4) is 0 Å². The van der Waals surface area contributed by atoms with Gasteiger partial charge in [-0.15, -0.1) is 0 Å². The van der Waals surface area contributed by atoms with Gasteiger partial charge in [0.05, 0.1) is 6.54 Å². The third kappa shape index (κ3) is 3.50. The molecule has 0 heterocycles. The number of nitrogens with one attached hydrogen (secondary N) is 1. The molecule has 13 heavy (non-hydrogen) atoms. The number of carbonyl (C=O) groups is 3. The Labute approximate surface area is 75.4 Å². The van der Waals surface area contributed by atoms with Gasteiger partial charge >= 0.3 is 5.97 Å². The van der Waals surface area contributed by atoms with Crippen molar-refractivity contribution < 1.29 is 19.5 Å². The molecule has 1 amide bonds. The van der Waals surface area contributed by atoms with Gasteiger partial charge in [0.15, 0.2) is 0 Å². The van der Waals surface area contributed by atoms with Gasteiger partial charge in [-0.3, -0.25) is 4.79 Å². The summed E-state index contributed by atoms with van der Waals surface area (Å²) >= 11 is 0. The lowest BCUT2D eigenvalue weighted by atomic mass is 10.1. The van der Waals surface area contributed by atoms with E-state index >= 15 is 0 Å². The molecule has 5 nitrogen and oxygen atoms in total. The fourth-order valence-corrected chi connectivity index (χ4v) is 0.598. The Kier molecular flexibility index (Phi) is 4.43. The normalized spacial score (nSPS) is 11.5. The van der Waals surface area contributed by atoms with Crippen LogP contribution in [-0.4, -0.2) is 29.8 Å². The van der Waals surface area contributed by atoms with Gasteiger partial charge < -0.3 is 15.2 Å². The number of amides is 1. The molecule has 0 aromatic rings. The number of aldehydes is 1. The minimum Gasteiger partial charge on any atom is -0.478 e. The van der Waals surface area contributed by atoms with Gasteiger partial charge in [-0.25, -0.2) is 4.79 Å². The second-order valence-electron chi connectivity index (χ2n) is 2.43. The van der Waals surface area contributed by atoms with E-state index in [9.17, 15) is 14.4 Å². The molecule has 0 rings (SSSR count). The summed E-state index contributed by atoms with van der Waals surface area (Å²) < 4.78 is 0. The van der Waals surface area contributed by atoms with Crippen LogP contribution in [0.1, 0.15) is 13.8 Å². The predicted octanol–water partition coefficient (Wildman–Crippen LogP) is -0.278. The highest BCUT2D eigenvalue weighted by Gasteiger charge is 2.11. The van der Waals surface area contributed by atoms with Crippen molar-refractivity contribution in [2.75, 3.05) is 6.54 Å². The fourth-order valence-electron chi connectivity index (χ4n) is 0.598. The van der Waals surface area contributed by atoms with Crippen molar-refractivity contribution in [2.24, 2.45) is 0 Å². The number of carboxylic acids is 1. The van der Waals surface area contributed by atoms with E-state index < -0.39 is 11.9 Å². The van der Waals surface area contributed by atoms with Crippen LogP contribution in [0.2, 0.25) is 0 Å². The summed E-state index contributed by atoms with van der Waals surface area (Å²) in [7, 11) is 0. The van der Waals surface area contributed by atoms with Crippen molar-refractivity contribution in [3.63, 3.8) is 0 Å². The summed E-state index contributed by atoms with van der Waals surface area (Å²) in [5.41, 5.74) is 0.0812. The van der Waals surface area contributed by atoms with Crippen molar-refractivity contribution >= 4 is 18.2 Å². The van der Waals surface area contributed by atoms with Crippen molar-refractivity contribution in [3.05, 3.63) is 11.1 Å². The molecule has 0 unspecified atom stereocenters. The molecule has 0 radical (unpaired) electrons. The van der Waals surface area contributed by atoms with E-state index in [0.717, 1.165) is 0 Å². The molecule has 5 heteroatoms. The first-order valence-corrected chi connectivity index (χ1v) is 3.63. The van der Waals surface area contributed by atoms with Crippen LogP contribution in [0.15, 0.2) is 11.1 Å². The van der Waals surface area contributed by atoms with Gasteiger partial charge in [-0.2, -0.15) is 0 Å². The Morgan fingerprint density at radius 1 is 1.31 bits per heavy atom. The van der Waals surface area contributed by atoms with Crippen LogP contribution in [0.5, 0.6) is 0 Å². The van der Waals surface area contributed by atoms with Gasteiger partial charge in [0.1, 0.15) is 6.29 Å². The Bertz CT molecular complexity index is 267. The maximum atomic E-state index is 11.1. The lowest BCUT2D eigenvalue weighted by Gasteiger charge is -2.02. The molecule has 0 spiro atoms. The molecule has 0 atom stereocenters. The zero-order chi connectivity index (χ0) is 10.4. The van der Waals surface area contributed by atoms with E-state index in [-0.39, 0.29) is 17.7 Å². The number of hydrogen-bond donors (Lipinski definition) is 2. The first-order chi connectivity index (χ1) is 6.00. The van der Waals surface area contributed by atoms with Gasteiger partial charge in [-0.1, -0.05) is 0 Å². The highest BCUT2D eigenvalue weighted by molar-refractivity contribution is 6.01. The van der Waals surface area contributed by atoms with E-state index in [4.69, 9.17) is 5.11 Å². The number of carbonyl (C=O) groups excluding carboxylic acids is 2. The molecular formula is C8H11NO4. The maximum Gasteiger partial charge on any atom is 0.331 e. The van der Waals surface area contributed by atoms with Crippen LogP contribution in [0, 0.1) is 0 Å². The topological polar surface area (TPSA) is 83.5 Å². The van der Waals surface area contributed by atoms with Crippen LogP contribution < -0.4 is 5.32 Å². The SMILES string of the molecule is C/C(C(=O)O)=C(\C)C(=O)NCC=O. The van der Waals surface area contributed by atoms with Crippen molar-refractivity contribution in [2.45, 2.75) is 13.8 Å². The van der Waals surface area contributed by atoms with Crippen LogP contribution in [0.25, 0.3) is 0 Å². The lowest BCUT2D eigenvalue weighted by molar-refractivity contribution is -0.133. The number of hydrogen-bond acceptors (Lipinski definition) is 3. The van der Waals surface area contributed by atoms with Gasteiger partial charge in [0.2, 0.25) is 5.91 Å². The number of carboxylic acid groups (broad SMARTS) is 1. The number of rotatable bonds is 4. The summed E-state index contributed by atoms with van der Waals surface area (Å²) in [6, 6.07) is 0. The molecule has 0 fully saturated rings. The van der Waals surface area contributed by atoms with Gasteiger partial charge in [0, 0.05) is 11.1 Å². The standard InChI is InChI=1S/C8H11NO4/c1-5(6(2)8(12)13)7(11)9-3-4-10/h4H,3H2,1-2H3,(H,9,11)(H,12,13)/b6-5-. The quantitative estimate of drug-likeness (QED) is 0.466. The molecule has 0 aliphatic heterocycles. The summed E-state index contributed by atoms with van der Waals surface area (Å²) in [6.45, 7) is 2.62. The molecule has 72 valence electrons. The van der Waals surface area contributed by atoms with Gasteiger partial charge in [-0.05, 0) is 13.8 Å². The predicted molar refractivity (Wildman–Crippen MR) is 45.1 cm³/mol. The van der Waals surface area contributed by atoms with Crippen molar-refractivity contribution in [1.82, 2.24) is 5.32 Å². The smallest absolute Gasteiger partial charge is 0.331 e. The van der Waals surface area contributed by atoms with Crippen LogP contribution >= 0.6 is 0 Å². The second-order valence-corrected chi connectivity index (χ2v) is 2.43. The molecule has 0 aliphatic carbocycles. The Morgan fingerprint density at radius 3 is 2.23 bits per heavy atom. The minimum atomic E-state index is -1.14. The molecule has 0 saturated heterocycles. The van der Waals surface area contributed by atoms with Crippen LogP contribution in [-0.2, 0) is 14.4 Å². The summed E-state index contributed by atoms with van der Waals surface area (Å²) in [4.78, 5) is 31.4. The lowest BCUT2D eigenvalue weighted by Crippen LogP contribution is -2.27. The monoisotopic (exact) mass is 185 g/mol. The Balaban J connectivity index is 4.48.